The molecule has 5 rings (SSSR count). The van der Waals surface area contributed by atoms with E-state index in [2.05, 4.69) is 17.4 Å². The summed E-state index contributed by atoms with van der Waals surface area (Å²) in [5.74, 6) is -0.0713. The zero-order valence-corrected chi connectivity index (χ0v) is 21.0. The van der Waals surface area contributed by atoms with Gasteiger partial charge in [0.2, 0.25) is 5.91 Å². The second-order valence-electron chi connectivity index (χ2n) is 8.40. The van der Waals surface area contributed by atoms with Gasteiger partial charge >= 0.3 is 0 Å². The second-order valence-corrected chi connectivity index (χ2v) is 10.7. The minimum Gasteiger partial charge on any atom is -0.495 e. The predicted octanol–water partition coefficient (Wildman–Crippen LogP) is 5.75. The number of benzene rings is 4. The van der Waals surface area contributed by atoms with Crippen molar-refractivity contribution in [3.05, 3.63) is 107 Å². The van der Waals surface area contributed by atoms with Crippen molar-refractivity contribution in [3.63, 3.8) is 0 Å². The summed E-state index contributed by atoms with van der Waals surface area (Å²) in [6, 6.07) is 26.5. The molecule has 0 radical (unpaired) electrons. The molecular weight excluding hydrogens is 496 g/mol. The third kappa shape index (κ3) is 4.55. The van der Waals surface area contributed by atoms with Crippen LogP contribution >= 0.6 is 11.6 Å². The molecule has 0 saturated carbocycles. The Balaban J connectivity index is 1.43. The Labute approximate surface area is 215 Å². The lowest BCUT2D eigenvalue weighted by atomic mass is 10.1. The summed E-state index contributed by atoms with van der Waals surface area (Å²) in [5, 5.41) is 3.09. The largest absolute Gasteiger partial charge is 0.495 e. The SMILES string of the molecule is COc1ccc(N(CC(=O)Nc2ccc3c(c2)Cc2ccccc2-3)S(=O)(=O)c2ccccc2)cc1Cl. The van der Waals surface area contributed by atoms with Gasteiger partial charge in [0, 0.05) is 5.69 Å². The maximum atomic E-state index is 13.5. The van der Waals surface area contributed by atoms with E-state index in [-0.39, 0.29) is 15.6 Å². The van der Waals surface area contributed by atoms with E-state index in [9.17, 15) is 13.2 Å². The lowest BCUT2D eigenvalue weighted by Crippen LogP contribution is -2.38. The van der Waals surface area contributed by atoms with Gasteiger partial charge < -0.3 is 10.1 Å². The first kappa shape index (κ1) is 23.9. The molecule has 182 valence electrons. The Morgan fingerprint density at radius 2 is 1.64 bits per heavy atom. The van der Waals surface area contributed by atoms with Gasteiger partial charge in [-0.15, -0.1) is 0 Å². The van der Waals surface area contributed by atoms with Gasteiger partial charge in [-0.1, -0.05) is 60.1 Å². The van der Waals surface area contributed by atoms with Crippen LogP contribution in [0.3, 0.4) is 0 Å². The number of rotatable bonds is 7. The van der Waals surface area contributed by atoms with Gasteiger partial charge in [-0.3, -0.25) is 9.10 Å². The maximum Gasteiger partial charge on any atom is 0.264 e. The number of carbonyl (C=O) groups excluding carboxylic acids is 1. The first-order chi connectivity index (χ1) is 17.4. The number of anilines is 2. The number of hydrogen-bond acceptors (Lipinski definition) is 4. The Bertz CT molecular complexity index is 1560. The molecule has 1 aliphatic rings. The highest BCUT2D eigenvalue weighted by Crippen LogP contribution is 2.37. The summed E-state index contributed by atoms with van der Waals surface area (Å²) in [6.07, 6.45) is 0.786. The maximum absolute atomic E-state index is 13.5. The summed E-state index contributed by atoms with van der Waals surface area (Å²) < 4.78 is 33.3. The molecule has 6 nitrogen and oxygen atoms in total. The average molecular weight is 519 g/mol. The first-order valence-electron chi connectivity index (χ1n) is 11.3. The van der Waals surface area contributed by atoms with Crippen molar-refractivity contribution in [2.75, 3.05) is 23.3 Å². The number of ether oxygens (including phenoxy) is 1. The van der Waals surface area contributed by atoms with Crippen LogP contribution in [0.1, 0.15) is 11.1 Å². The van der Waals surface area contributed by atoms with E-state index < -0.39 is 22.5 Å². The highest BCUT2D eigenvalue weighted by Gasteiger charge is 2.28. The van der Waals surface area contributed by atoms with Crippen LogP contribution in [0.2, 0.25) is 5.02 Å². The third-order valence-corrected chi connectivity index (χ3v) is 8.20. The van der Waals surface area contributed by atoms with Gasteiger partial charge in [0.25, 0.3) is 10.0 Å². The van der Waals surface area contributed by atoms with Gasteiger partial charge in [0.1, 0.15) is 12.3 Å². The summed E-state index contributed by atoms with van der Waals surface area (Å²) in [6.45, 7) is -0.433. The van der Waals surface area contributed by atoms with Crippen molar-refractivity contribution in [3.8, 4) is 16.9 Å². The second kappa shape index (κ2) is 9.68. The lowest BCUT2D eigenvalue weighted by molar-refractivity contribution is -0.114. The van der Waals surface area contributed by atoms with E-state index in [1.807, 2.05) is 30.3 Å². The molecule has 0 saturated heterocycles. The number of carbonyl (C=O) groups is 1. The number of nitrogens with zero attached hydrogens (tertiary/aromatic N) is 1. The van der Waals surface area contributed by atoms with Gasteiger partial charge in [-0.2, -0.15) is 0 Å². The highest BCUT2D eigenvalue weighted by atomic mass is 35.5. The summed E-state index contributed by atoms with van der Waals surface area (Å²) in [7, 11) is -2.58. The number of amides is 1. The number of nitrogens with one attached hydrogen (secondary N) is 1. The molecule has 0 fully saturated rings. The van der Waals surface area contributed by atoms with Crippen LogP contribution in [0.25, 0.3) is 11.1 Å². The summed E-state index contributed by atoms with van der Waals surface area (Å²) in [5.41, 5.74) is 5.56. The van der Waals surface area contributed by atoms with Crippen LogP contribution < -0.4 is 14.4 Å². The van der Waals surface area contributed by atoms with Crippen LogP contribution in [0.4, 0.5) is 11.4 Å². The predicted molar refractivity (Wildman–Crippen MR) is 142 cm³/mol. The van der Waals surface area contributed by atoms with Crippen LogP contribution in [0.5, 0.6) is 5.75 Å². The number of hydrogen-bond donors (Lipinski definition) is 1. The van der Waals surface area contributed by atoms with Crippen molar-refractivity contribution in [1.82, 2.24) is 0 Å². The quantitative estimate of drug-likeness (QED) is 0.297. The summed E-state index contributed by atoms with van der Waals surface area (Å²) in [4.78, 5) is 13.2. The molecule has 0 atom stereocenters. The van der Waals surface area contributed by atoms with Crippen molar-refractivity contribution in [2.24, 2.45) is 0 Å². The molecule has 1 N–H and O–H groups in total. The average Bonchev–Trinajstić information content (AvgIpc) is 3.25. The van der Waals surface area contributed by atoms with Crippen molar-refractivity contribution < 1.29 is 17.9 Å². The van der Waals surface area contributed by atoms with E-state index in [1.54, 1.807) is 30.3 Å². The van der Waals surface area contributed by atoms with E-state index in [1.165, 1.54) is 36.4 Å². The fourth-order valence-corrected chi connectivity index (χ4v) is 6.08. The molecule has 0 unspecified atom stereocenters. The zero-order chi connectivity index (χ0) is 25.3. The molecule has 1 amide bonds. The van der Waals surface area contributed by atoms with Gasteiger partial charge in [0.15, 0.2) is 0 Å². The van der Waals surface area contributed by atoms with Crippen LogP contribution in [-0.4, -0.2) is 28.0 Å². The smallest absolute Gasteiger partial charge is 0.264 e. The molecule has 4 aromatic carbocycles. The van der Waals surface area contributed by atoms with Gasteiger partial charge in [0.05, 0.1) is 22.7 Å². The number of fused-ring (bicyclic) bond motifs is 3. The van der Waals surface area contributed by atoms with E-state index in [0.29, 0.717) is 11.4 Å². The Kier molecular flexibility index (Phi) is 6.43. The molecule has 0 bridgehead atoms. The molecule has 0 aromatic heterocycles. The fourth-order valence-electron chi connectivity index (χ4n) is 4.40. The van der Waals surface area contributed by atoms with Crippen molar-refractivity contribution in [2.45, 2.75) is 11.3 Å². The standard InChI is InChI=1S/C28H23ClN2O4S/c1-35-27-14-12-22(17-26(27)29)31(36(33,34)23-8-3-2-4-9-23)18-28(32)30-21-11-13-25-20(16-21)15-19-7-5-6-10-24(19)25/h2-14,16-17H,15,18H2,1H3,(H,30,32). The van der Waals surface area contributed by atoms with Crippen molar-refractivity contribution >= 4 is 38.9 Å². The van der Waals surface area contributed by atoms with Crippen LogP contribution in [-0.2, 0) is 21.2 Å². The van der Waals surface area contributed by atoms with E-state index in [4.69, 9.17) is 16.3 Å². The van der Waals surface area contributed by atoms with E-state index >= 15 is 0 Å². The Morgan fingerprint density at radius 3 is 2.39 bits per heavy atom. The third-order valence-electron chi connectivity index (χ3n) is 6.12. The molecule has 4 aromatic rings. The molecule has 0 heterocycles. The molecule has 0 aliphatic heterocycles. The molecular formula is C28H23ClN2O4S. The Morgan fingerprint density at radius 1 is 0.917 bits per heavy atom. The normalized spacial score (nSPS) is 11.9. The molecule has 36 heavy (non-hydrogen) atoms. The summed E-state index contributed by atoms with van der Waals surface area (Å²) >= 11 is 6.28. The Hall–Kier alpha value is -3.81. The van der Waals surface area contributed by atoms with Gasteiger partial charge in [-0.25, -0.2) is 8.42 Å². The lowest BCUT2D eigenvalue weighted by Gasteiger charge is -2.24. The number of halogens is 1. The van der Waals surface area contributed by atoms with Crippen LogP contribution in [0, 0.1) is 0 Å². The van der Waals surface area contributed by atoms with Crippen LogP contribution in [0.15, 0.2) is 95.9 Å². The molecule has 0 spiro atoms. The van der Waals surface area contributed by atoms with Crippen molar-refractivity contribution in [1.29, 1.82) is 0 Å². The topological polar surface area (TPSA) is 75.7 Å². The monoisotopic (exact) mass is 518 g/mol. The highest BCUT2D eigenvalue weighted by molar-refractivity contribution is 7.92. The fraction of sp³-hybridized carbons (Fsp3) is 0.107. The molecule has 1 aliphatic carbocycles. The van der Waals surface area contributed by atoms with Gasteiger partial charge in [-0.05, 0) is 71.1 Å². The number of methoxy groups -OCH3 is 1. The first-order valence-corrected chi connectivity index (χ1v) is 13.1. The minimum atomic E-state index is -4.05. The van der Waals surface area contributed by atoms with E-state index in [0.717, 1.165) is 21.9 Å². The molecule has 8 heteroatoms. The number of sulfonamides is 1. The minimum absolute atomic E-state index is 0.0695. The zero-order valence-electron chi connectivity index (χ0n) is 19.4.